The van der Waals surface area contributed by atoms with E-state index in [0.717, 1.165) is 11.3 Å². The van der Waals surface area contributed by atoms with Crippen molar-refractivity contribution in [1.29, 1.82) is 0 Å². The second-order valence-electron chi connectivity index (χ2n) is 7.31. The summed E-state index contributed by atoms with van der Waals surface area (Å²) in [4.78, 5) is 14.6. The lowest BCUT2D eigenvalue weighted by Gasteiger charge is -2.38. The normalized spacial score (nSPS) is 17.2. The second-order valence-corrected chi connectivity index (χ2v) is 7.31. The van der Waals surface area contributed by atoms with E-state index in [0.29, 0.717) is 30.4 Å². The maximum absolute atomic E-state index is 13.1. The highest BCUT2D eigenvalue weighted by Crippen LogP contribution is 2.39. The number of carbonyl (C=O) groups is 1. The Morgan fingerprint density at radius 1 is 1.19 bits per heavy atom. The number of nitrogens with zero attached hydrogens (tertiary/aromatic N) is 6. The molecule has 1 saturated heterocycles. The molecule has 1 aliphatic carbocycles. The van der Waals surface area contributed by atoms with Crippen LogP contribution in [0.15, 0.2) is 36.5 Å². The van der Waals surface area contributed by atoms with Crippen LogP contribution in [0.4, 0.5) is 4.39 Å². The highest BCUT2D eigenvalue weighted by Gasteiger charge is 2.35. The van der Waals surface area contributed by atoms with Crippen molar-refractivity contribution < 1.29 is 9.18 Å². The largest absolute Gasteiger partial charge is 0.333 e. The minimum atomic E-state index is -0.296. The van der Waals surface area contributed by atoms with Crippen molar-refractivity contribution in [2.24, 2.45) is 7.05 Å². The van der Waals surface area contributed by atoms with Crippen LogP contribution in [0.2, 0.25) is 0 Å². The fourth-order valence-corrected chi connectivity index (χ4v) is 3.41. The molecule has 0 atom stereocenters. The summed E-state index contributed by atoms with van der Waals surface area (Å²) < 4.78 is 16.6. The van der Waals surface area contributed by atoms with Gasteiger partial charge in [-0.15, -0.1) is 5.10 Å². The number of carbonyl (C=O) groups excluding carboxylic acids is 1. The van der Waals surface area contributed by atoms with Crippen molar-refractivity contribution in [3.8, 4) is 11.3 Å². The molecule has 1 amide bonds. The van der Waals surface area contributed by atoms with E-state index in [1.54, 1.807) is 34.8 Å². The fourth-order valence-electron chi connectivity index (χ4n) is 3.41. The van der Waals surface area contributed by atoms with Gasteiger partial charge in [0.1, 0.15) is 11.5 Å². The zero-order valence-corrected chi connectivity index (χ0v) is 14.9. The number of hydrogen-bond donors (Lipinski definition) is 0. The summed E-state index contributed by atoms with van der Waals surface area (Å²) >= 11 is 0. The first-order chi connectivity index (χ1) is 13.1. The molecule has 138 valence electrons. The number of amides is 1. The lowest BCUT2D eigenvalue weighted by molar-refractivity contribution is 0.0487. The maximum atomic E-state index is 13.1. The van der Waals surface area contributed by atoms with Crippen LogP contribution in [0.3, 0.4) is 0 Å². The molecular weight excluding hydrogens is 347 g/mol. The molecule has 0 unspecified atom stereocenters. The standard InChI is InChI=1S/C19H19FN6O/c1-24-18(8-16(22-24)12-4-6-14(20)7-5-12)19(27)25-9-15(10-25)26-11-17(21-23-26)13-2-3-13/h4-8,11,13,15H,2-3,9-10H2,1H3. The van der Waals surface area contributed by atoms with Crippen LogP contribution in [-0.4, -0.2) is 48.7 Å². The van der Waals surface area contributed by atoms with Crippen LogP contribution >= 0.6 is 0 Å². The predicted octanol–water partition coefficient (Wildman–Crippen LogP) is 2.39. The fraction of sp³-hybridized carbons (Fsp3) is 0.368. The third-order valence-corrected chi connectivity index (χ3v) is 5.29. The summed E-state index contributed by atoms with van der Waals surface area (Å²) in [6.45, 7) is 1.23. The van der Waals surface area contributed by atoms with Crippen molar-refractivity contribution >= 4 is 5.91 Å². The van der Waals surface area contributed by atoms with Gasteiger partial charge >= 0.3 is 0 Å². The molecule has 5 rings (SSSR count). The van der Waals surface area contributed by atoms with Crippen LogP contribution in [0.5, 0.6) is 0 Å². The van der Waals surface area contributed by atoms with Crippen LogP contribution in [0, 0.1) is 5.82 Å². The lowest BCUT2D eigenvalue weighted by Crippen LogP contribution is -2.51. The minimum Gasteiger partial charge on any atom is -0.333 e. The number of aryl methyl sites for hydroxylation is 1. The molecule has 2 aliphatic rings. The van der Waals surface area contributed by atoms with Crippen molar-refractivity contribution in [2.75, 3.05) is 13.1 Å². The Morgan fingerprint density at radius 2 is 1.93 bits per heavy atom. The molecule has 0 N–H and O–H groups in total. The Kier molecular flexibility index (Phi) is 3.60. The molecule has 3 heterocycles. The lowest BCUT2D eigenvalue weighted by atomic mass is 10.1. The Bertz CT molecular complexity index is 998. The zero-order chi connectivity index (χ0) is 18.5. The number of rotatable bonds is 4. The Morgan fingerprint density at radius 3 is 2.63 bits per heavy atom. The number of hydrogen-bond acceptors (Lipinski definition) is 4. The minimum absolute atomic E-state index is 0.0582. The first kappa shape index (κ1) is 16.2. The molecule has 2 fully saturated rings. The Balaban J connectivity index is 1.28. The summed E-state index contributed by atoms with van der Waals surface area (Å²) in [5, 5.41) is 12.8. The quantitative estimate of drug-likeness (QED) is 0.711. The van der Waals surface area contributed by atoms with Gasteiger partial charge in [-0.1, -0.05) is 5.21 Å². The van der Waals surface area contributed by atoms with Gasteiger partial charge in [0.25, 0.3) is 5.91 Å². The van der Waals surface area contributed by atoms with E-state index < -0.39 is 0 Å². The number of halogens is 1. The van der Waals surface area contributed by atoms with Crippen LogP contribution in [0.1, 0.15) is 41.0 Å². The van der Waals surface area contributed by atoms with E-state index in [1.807, 2.05) is 10.9 Å². The Hall–Kier alpha value is -3.03. The van der Waals surface area contributed by atoms with E-state index in [9.17, 15) is 9.18 Å². The van der Waals surface area contributed by atoms with Crippen molar-refractivity contribution in [1.82, 2.24) is 29.7 Å². The molecule has 0 bridgehead atoms. The van der Waals surface area contributed by atoms with Crippen LogP contribution < -0.4 is 0 Å². The molecule has 2 aromatic heterocycles. The molecule has 1 aliphatic heterocycles. The van der Waals surface area contributed by atoms with Crippen molar-refractivity contribution in [3.05, 3.63) is 53.7 Å². The monoisotopic (exact) mass is 366 g/mol. The molecular formula is C19H19FN6O. The molecule has 7 nitrogen and oxygen atoms in total. The average molecular weight is 366 g/mol. The van der Waals surface area contributed by atoms with Gasteiger partial charge in [0.05, 0.1) is 17.4 Å². The third kappa shape index (κ3) is 2.90. The summed E-state index contributed by atoms with van der Waals surface area (Å²) in [6.07, 6.45) is 4.41. The molecule has 8 heteroatoms. The summed E-state index contributed by atoms with van der Waals surface area (Å²) in [6, 6.07) is 8.03. The summed E-state index contributed by atoms with van der Waals surface area (Å²) in [5.41, 5.74) is 3.02. The summed E-state index contributed by atoms with van der Waals surface area (Å²) in [7, 11) is 1.75. The first-order valence-corrected chi connectivity index (χ1v) is 9.09. The van der Waals surface area contributed by atoms with E-state index in [1.165, 1.54) is 25.0 Å². The molecule has 0 radical (unpaired) electrons. The maximum Gasteiger partial charge on any atom is 0.272 e. The second kappa shape index (κ2) is 6.00. The molecule has 27 heavy (non-hydrogen) atoms. The van der Waals surface area contributed by atoms with Gasteiger partial charge in [-0.05, 0) is 43.2 Å². The van der Waals surface area contributed by atoms with Gasteiger partial charge in [-0.3, -0.25) is 9.48 Å². The average Bonchev–Trinajstić information content (AvgIpc) is 3.23. The molecule has 1 aromatic carbocycles. The third-order valence-electron chi connectivity index (χ3n) is 5.29. The van der Waals surface area contributed by atoms with Crippen molar-refractivity contribution in [2.45, 2.75) is 24.8 Å². The van der Waals surface area contributed by atoms with Gasteiger partial charge in [-0.2, -0.15) is 5.10 Å². The Labute approximate surface area is 155 Å². The van der Waals surface area contributed by atoms with Gasteiger partial charge in [0.15, 0.2) is 0 Å². The molecule has 1 saturated carbocycles. The van der Waals surface area contributed by atoms with Crippen LogP contribution in [-0.2, 0) is 7.05 Å². The van der Waals surface area contributed by atoms with Gasteiger partial charge in [0, 0.05) is 37.8 Å². The highest BCUT2D eigenvalue weighted by atomic mass is 19.1. The SMILES string of the molecule is Cn1nc(-c2ccc(F)cc2)cc1C(=O)N1CC(n2cc(C3CC3)nn2)C1. The van der Waals surface area contributed by atoms with Crippen LogP contribution in [0.25, 0.3) is 11.3 Å². The summed E-state index contributed by atoms with van der Waals surface area (Å²) in [5.74, 6) is 0.226. The molecule has 3 aromatic rings. The van der Waals surface area contributed by atoms with E-state index in [4.69, 9.17) is 0 Å². The van der Waals surface area contributed by atoms with Crippen molar-refractivity contribution in [3.63, 3.8) is 0 Å². The zero-order valence-electron chi connectivity index (χ0n) is 14.9. The van der Waals surface area contributed by atoms with Gasteiger partial charge in [0.2, 0.25) is 0 Å². The number of likely N-dealkylation sites (tertiary alicyclic amines) is 1. The van der Waals surface area contributed by atoms with E-state index in [2.05, 4.69) is 15.4 Å². The predicted molar refractivity (Wildman–Crippen MR) is 95.5 cm³/mol. The van der Waals surface area contributed by atoms with E-state index in [-0.39, 0.29) is 17.8 Å². The first-order valence-electron chi connectivity index (χ1n) is 9.09. The number of aromatic nitrogens is 5. The number of benzene rings is 1. The molecule has 0 spiro atoms. The smallest absolute Gasteiger partial charge is 0.272 e. The highest BCUT2D eigenvalue weighted by molar-refractivity contribution is 5.94. The van der Waals surface area contributed by atoms with Gasteiger partial charge in [-0.25, -0.2) is 9.07 Å². The van der Waals surface area contributed by atoms with E-state index >= 15 is 0 Å². The van der Waals surface area contributed by atoms with Gasteiger partial charge < -0.3 is 4.90 Å². The topological polar surface area (TPSA) is 68.8 Å².